The summed E-state index contributed by atoms with van der Waals surface area (Å²) in [4.78, 5) is 18.0. The normalized spacial score (nSPS) is 16.5. The number of thiocarbonyl (C=S) groups is 1. The summed E-state index contributed by atoms with van der Waals surface area (Å²) in [5.74, 6) is 1.86. The van der Waals surface area contributed by atoms with E-state index >= 15 is 0 Å². The minimum absolute atomic E-state index is 0.236. The van der Waals surface area contributed by atoms with Crippen LogP contribution in [0.2, 0.25) is 0 Å². The van der Waals surface area contributed by atoms with Crippen LogP contribution in [0.25, 0.3) is 11.3 Å². The summed E-state index contributed by atoms with van der Waals surface area (Å²) in [6, 6.07) is 31.5. The molecule has 1 fully saturated rings. The maximum Gasteiger partial charge on any atom is 0.335 e. The summed E-state index contributed by atoms with van der Waals surface area (Å²) >= 11 is 5.83. The van der Waals surface area contributed by atoms with E-state index in [2.05, 4.69) is 10.3 Å². The molecule has 5 aromatic rings. The summed E-state index contributed by atoms with van der Waals surface area (Å²) in [5.41, 5.74) is 3.59. The van der Waals surface area contributed by atoms with Crippen molar-refractivity contribution in [2.24, 2.45) is 0 Å². The highest BCUT2D eigenvalue weighted by molar-refractivity contribution is 7.80. The van der Waals surface area contributed by atoms with Crippen LogP contribution < -0.4 is 15.0 Å². The number of anilines is 1. The average molecular weight is 548 g/mol. The number of carboxylic acid groups (broad SMARTS) is 1. The van der Waals surface area contributed by atoms with Crippen LogP contribution in [0.3, 0.4) is 0 Å². The Bertz CT molecular complexity index is 1670. The van der Waals surface area contributed by atoms with E-state index in [1.807, 2.05) is 96.8 Å². The molecule has 198 valence electrons. The zero-order chi connectivity index (χ0) is 27.6. The van der Waals surface area contributed by atoms with Crippen LogP contribution in [0.4, 0.5) is 5.69 Å². The number of ether oxygens (including phenoxy) is 1. The van der Waals surface area contributed by atoms with Gasteiger partial charge in [0.2, 0.25) is 0 Å². The van der Waals surface area contributed by atoms with E-state index < -0.39 is 5.97 Å². The molecule has 1 aliphatic heterocycles. The van der Waals surface area contributed by atoms with Gasteiger partial charge in [-0.2, -0.15) is 0 Å². The Morgan fingerprint density at radius 2 is 1.70 bits per heavy atom. The van der Waals surface area contributed by atoms with E-state index in [4.69, 9.17) is 21.4 Å². The van der Waals surface area contributed by atoms with Gasteiger partial charge < -0.3 is 24.5 Å². The number of carboxylic acids is 1. The second-order valence-electron chi connectivity index (χ2n) is 9.44. The van der Waals surface area contributed by atoms with Gasteiger partial charge in [0, 0.05) is 17.4 Å². The number of aromatic carboxylic acids is 1. The Labute approximate surface area is 236 Å². The van der Waals surface area contributed by atoms with Crippen LogP contribution >= 0.6 is 12.2 Å². The molecule has 0 aliphatic carbocycles. The molecule has 3 heterocycles. The lowest BCUT2D eigenvalue weighted by Crippen LogP contribution is -2.29. The van der Waals surface area contributed by atoms with Crippen molar-refractivity contribution in [3.63, 3.8) is 0 Å². The van der Waals surface area contributed by atoms with Gasteiger partial charge in [0.05, 0.1) is 17.3 Å². The minimum Gasteiger partial charge on any atom is -0.478 e. The topological polar surface area (TPSA) is 87.8 Å². The lowest BCUT2D eigenvalue weighted by molar-refractivity contribution is 0.0696. The molecular weight excluding hydrogens is 522 g/mol. The standard InChI is InChI=1S/C32H25N3O4S/c1-20-19-21(31(36)37)10-15-25(20)27-16-17-28(39-27)30-29(26-9-5-6-18-33-26)34-32(40)35(30)22-11-13-24(14-12-22)38-23-7-3-2-4-8-23/h2-19,29-30H,1H3,(H,34,40)(H,36,37)/t29-,30-/m0/s1. The van der Waals surface area contributed by atoms with Crippen molar-refractivity contribution in [2.45, 2.75) is 19.0 Å². The van der Waals surface area contributed by atoms with Crippen LogP contribution in [0.15, 0.2) is 114 Å². The van der Waals surface area contributed by atoms with Gasteiger partial charge >= 0.3 is 5.97 Å². The van der Waals surface area contributed by atoms with E-state index in [1.165, 1.54) is 0 Å². The molecule has 7 nitrogen and oxygen atoms in total. The first-order valence-corrected chi connectivity index (χ1v) is 13.2. The third kappa shape index (κ3) is 4.92. The third-order valence-corrected chi connectivity index (χ3v) is 7.16. The maximum absolute atomic E-state index is 11.4. The summed E-state index contributed by atoms with van der Waals surface area (Å²) in [7, 11) is 0. The molecule has 3 aromatic carbocycles. The number of nitrogens with one attached hydrogen (secondary N) is 1. The predicted molar refractivity (Wildman–Crippen MR) is 157 cm³/mol. The van der Waals surface area contributed by atoms with E-state index in [9.17, 15) is 9.90 Å². The first-order chi connectivity index (χ1) is 19.5. The summed E-state index contributed by atoms with van der Waals surface area (Å²) in [6.07, 6.45) is 1.76. The SMILES string of the molecule is Cc1cc(C(=O)O)ccc1-c1ccc([C@H]2[C@H](c3ccccn3)NC(=S)N2c2ccc(Oc3ccccc3)cc2)o1. The Balaban J connectivity index is 1.36. The van der Waals surface area contributed by atoms with Crippen molar-refractivity contribution >= 4 is 29.0 Å². The average Bonchev–Trinajstić information content (AvgIpc) is 3.59. The number of hydrogen-bond donors (Lipinski definition) is 2. The van der Waals surface area contributed by atoms with Gasteiger partial charge in [0.25, 0.3) is 0 Å². The maximum atomic E-state index is 11.4. The van der Waals surface area contributed by atoms with Gasteiger partial charge in [-0.15, -0.1) is 0 Å². The van der Waals surface area contributed by atoms with E-state index in [-0.39, 0.29) is 17.6 Å². The summed E-state index contributed by atoms with van der Waals surface area (Å²) in [5, 5.41) is 13.3. The molecule has 0 radical (unpaired) electrons. The molecule has 2 atom stereocenters. The number of carbonyl (C=O) groups is 1. The predicted octanol–water partition coefficient (Wildman–Crippen LogP) is 7.32. The molecule has 0 saturated carbocycles. The number of rotatable bonds is 7. The Kier molecular flexibility index (Phi) is 6.76. The highest BCUT2D eigenvalue weighted by atomic mass is 32.1. The lowest BCUT2D eigenvalue weighted by atomic mass is 10.0. The Morgan fingerprint density at radius 1 is 0.950 bits per heavy atom. The molecular formula is C32H25N3O4S. The van der Waals surface area contributed by atoms with Crippen LogP contribution in [-0.2, 0) is 0 Å². The molecule has 0 amide bonds. The molecule has 2 N–H and O–H groups in total. The molecule has 0 spiro atoms. The largest absolute Gasteiger partial charge is 0.478 e. The van der Waals surface area contributed by atoms with Gasteiger partial charge in [-0.25, -0.2) is 4.79 Å². The van der Waals surface area contributed by atoms with Crippen LogP contribution in [0.5, 0.6) is 11.5 Å². The molecule has 40 heavy (non-hydrogen) atoms. The Hall–Kier alpha value is -4.95. The fraction of sp³-hybridized carbons (Fsp3) is 0.0938. The van der Waals surface area contributed by atoms with E-state index in [0.29, 0.717) is 22.4 Å². The number of benzene rings is 3. The number of para-hydroxylation sites is 1. The van der Waals surface area contributed by atoms with Crippen molar-refractivity contribution in [2.75, 3.05) is 4.90 Å². The van der Waals surface area contributed by atoms with Crippen LogP contribution in [-0.4, -0.2) is 21.2 Å². The van der Waals surface area contributed by atoms with Crippen molar-refractivity contribution < 1.29 is 19.1 Å². The van der Waals surface area contributed by atoms with Crippen molar-refractivity contribution in [3.05, 3.63) is 132 Å². The highest BCUT2D eigenvalue weighted by Gasteiger charge is 2.42. The molecule has 1 aliphatic rings. The highest BCUT2D eigenvalue weighted by Crippen LogP contribution is 2.43. The van der Waals surface area contributed by atoms with Gasteiger partial charge in [0.15, 0.2) is 5.11 Å². The number of hydrogen-bond acceptors (Lipinski definition) is 5. The monoisotopic (exact) mass is 547 g/mol. The molecule has 0 bridgehead atoms. The van der Waals surface area contributed by atoms with E-state index in [0.717, 1.165) is 28.3 Å². The summed E-state index contributed by atoms with van der Waals surface area (Å²) in [6.45, 7) is 1.87. The van der Waals surface area contributed by atoms with E-state index in [1.54, 1.807) is 24.4 Å². The molecule has 8 heteroatoms. The second kappa shape index (κ2) is 10.7. The fourth-order valence-corrected chi connectivity index (χ4v) is 5.30. The first kappa shape index (κ1) is 25.3. The Morgan fingerprint density at radius 3 is 2.40 bits per heavy atom. The first-order valence-electron chi connectivity index (χ1n) is 12.8. The van der Waals surface area contributed by atoms with Crippen molar-refractivity contribution in [3.8, 4) is 22.8 Å². The minimum atomic E-state index is -0.964. The second-order valence-corrected chi connectivity index (χ2v) is 9.83. The molecule has 6 rings (SSSR count). The smallest absolute Gasteiger partial charge is 0.335 e. The quantitative estimate of drug-likeness (QED) is 0.205. The molecule has 0 unspecified atom stereocenters. The van der Waals surface area contributed by atoms with Gasteiger partial charge in [-0.1, -0.05) is 30.3 Å². The molecule has 1 saturated heterocycles. The van der Waals surface area contributed by atoms with Gasteiger partial charge in [0.1, 0.15) is 29.1 Å². The van der Waals surface area contributed by atoms with Crippen molar-refractivity contribution in [1.82, 2.24) is 10.3 Å². The molecule has 2 aromatic heterocycles. The fourth-order valence-electron chi connectivity index (χ4n) is 4.95. The number of aryl methyl sites for hydroxylation is 1. The third-order valence-electron chi connectivity index (χ3n) is 6.85. The number of aromatic nitrogens is 1. The van der Waals surface area contributed by atoms with Crippen molar-refractivity contribution in [1.29, 1.82) is 0 Å². The van der Waals surface area contributed by atoms with Gasteiger partial charge in [-0.3, -0.25) is 4.98 Å². The number of furan rings is 1. The van der Waals surface area contributed by atoms with Crippen LogP contribution in [0, 0.1) is 6.92 Å². The summed E-state index contributed by atoms with van der Waals surface area (Å²) < 4.78 is 12.4. The zero-order valence-corrected chi connectivity index (χ0v) is 22.3. The number of nitrogens with zero attached hydrogens (tertiary/aromatic N) is 2. The number of pyridine rings is 1. The zero-order valence-electron chi connectivity index (χ0n) is 21.5. The van der Waals surface area contributed by atoms with Gasteiger partial charge in [-0.05, 0) is 97.5 Å². The lowest BCUT2D eigenvalue weighted by Gasteiger charge is -2.26. The van der Waals surface area contributed by atoms with Crippen LogP contribution in [0.1, 0.15) is 39.5 Å².